The minimum Gasteiger partial charge on any atom is -0.454 e. The predicted octanol–water partition coefficient (Wildman–Crippen LogP) is 7.61. The van der Waals surface area contributed by atoms with Crippen molar-refractivity contribution in [1.82, 2.24) is 9.21 Å². The van der Waals surface area contributed by atoms with Crippen LogP contribution in [0.4, 0.5) is 5.69 Å². The fourth-order valence-corrected chi connectivity index (χ4v) is 5.63. The van der Waals surface area contributed by atoms with Crippen molar-refractivity contribution in [2.75, 3.05) is 71.5 Å². The van der Waals surface area contributed by atoms with E-state index in [0.29, 0.717) is 29.0 Å². The molecule has 0 radical (unpaired) electrons. The third kappa shape index (κ3) is 10.4. The largest absolute Gasteiger partial charge is 0.454 e. The van der Waals surface area contributed by atoms with Crippen LogP contribution in [0, 0.1) is 0 Å². The molecular formula is C29H43Cl2N3O3S. The Kier molecular flexibility index (Phi) is 13.9. The second-order valence-electron chi connectivity index (χ2n) is 9.75. The van der Waals surface area contributed by atoms with Gasteiger partial charge in [-0.05, 0) is 74.8 Å². The van der Waals surface area contributed by atoms with E-state index >= 15 is 0 Å². The maximum absolute atomic E-state index is 6.59. The number of hydrogen-bond donors (Lipinski definition) is 0. The number of rotatable bonds is 16. The SMILES string of the molecule is CCCCN(CCCC)c1cc(COCCN2CCOCC2)cc(SN(C)C)c1Oc1cc(Cl)cc(Cl)c1. The smallest absolute Gasteiger partial charge is 0.165 e. The van der Waals surface area contributed by atoms with Crippen LogP contribution in [0.5, 0.6) is 11.5 Å². The molecule has 0 spiro atoms. The van der Waals surface area contributed by atoms with E-state index in [0.717, 1.165) is 93.5 Å². The van der Waals surface area contributed by atoms with Gasteiger partial charge in [-0.15, -0.1) is 0 Å². The van der Waals surface area contributed by atoms with Gasteiger partial charge in [0.2, 0.25) is 0 Å². The summed E-state index contributed by atoms with van der Waals surface area (Å²) in [6.07, 6.45) is 4.49. The van der Waals surface area contributed by atoms with Crippen LogP contribution in [0.3, 0.4) is 0 Å². The third-order valence-corrected chi connectivity index (χ3v) is 7.56. The highest BCUT2D eigenvalue weighted by atomic mass is 35.5. The molecular weight excluding hydrogens is 541 g/mol. The zero-order valence-corrected chi connectivity index (χ0v) is 25.6. The molecule has 1 aliphatic heterocycles. The topological polar surface area (TPSA) is 37.4 Å². The first kappa shape index (κ1) is 31.3. The normalized spacial score (nSPS) is 14.3. The number of benzene rings is 2. The van der Waals surface area contributed by atoms with Gasteiger partial charge in [-0.2, -0.15) is 0 Å². The predicted molar refractivity (Wildman–Crippen MR) is 161 cm³/mol. The highest BCUT2D eigenvalue weighted by molar-refractivity contribution is 7.97. The van der Waals surface area contributed by atoms with Crippen LogP contribution >= 0.6 is 35.1 Å². The summed E-state index contributed by atoms with van der Waals surface area (Å²) < 4.78 is 20.3. The van der Waals surface area contributed by atoms with Crippen molar-refractivity contribution in [2.45, 2.75) is 51.0 Å². The molecule has 38 heavy (non-hydrogen) atoms. The van der Waals surface area contributed by atoms with Crippen molar-refractivity contribution in [3.8, 4) is 11.5 Å². The molecule has 1 fully saturated rings. The molecule has 1 aliphatic rings. The van der Waals surface area contributed by atoms with E-state index in [-0.39, 0.29) is 0 Å². The molecule has 0 N–H and O–H groups in total. The lowest BCUT2D eigenvalue weighted by Crippen LogP contribution is -2.38. The fraction of sp³-hybridized carbons (Fsp3) is 0.586. The minimum absolute atomic E-state index is 0.551. The highest BCUT2D eigenvalue weighted by Crippen LogP contribution is 2.44. The maximum Gasteiger partial charge on any atom is 0.165 e. The molecule has 0 aromatic heterocycles. The molecule has 6 nitrogen and oxygen atoms in total. The molecule has 1 heterocycles. The van der Waals surface area contributed by atoms with E-state index in [1.807, 2.05) is 26.2 Å². The fourth-order valence-electron chi connectivity index (χ4n) is 4.29. The van der Waals surface area contributed by atoms with Gasteiger partial charge in [-0.3, -0.25) is 9.21 Å². The summed E-state index contributed by atoms with van der Waals surface area (Å²) in [7, 11) is 4.09. The summed E-state index contributed by atoms with van der Waals surface area (Å²) in [5.74, 6) is 1.45. The Morgan fingerprint density at radius 2 is 1.61 bits per heavy atom. The Balaban J connectivity index is 1.93. The van der Waals surface area contributed by atoms with Crippen molar-refractivity contribution >= 4 is 40.8 Å². The van der Waals surface area contributed by atoms with Gasteiger partial charge in [0.05, 0.1) is 37.0 Å². The van der Waals surface area contributed by atoms with E-state index in [1.54, 1.807) is 18.0 Å². The summed E-state index contributed by atoms with van der Waals surface area (Å²) >= 11 is 14.3. The number of anilines is 1. The third-order valence-electron chi connectivity index (χ3n) is 6.26. The van der Waals surface area contributed by atoms with Gasteiger partial charge in [-0.1, -0.05) is 49.9 Å². The summed E-state index contributed by atoms with van der Waals surface area (Å²) in [5, 5.41) is 1.10. The van der Waals surface area contributed by atoms with Gasteiger partial charge in [0.1, 0.15) is 5.75 Å². The van der Waals surface area contributed by atoms with E-state index in [4.69, 9.17) is 37.4 Å². The lowest BCUT2D eigenvalue weighted by atomic mass is 10.1. The molecule has 9 heteroatoms. The molecule has 3 rings (SSSR count). The molecule has 212 valence electrons. The first-order valence-corrected chi connectivity index (χ1v) is 15.2. The van der Waals surface area contributed by atoms with Gasteiger partial charge in [0, 0.05) is 42.8 Å². The zero-order chi connectivity index (χ0) is 27.3. The Hall–Kier alpha value is -1.19. The van der Waals surface area contributed by atoms with Gasteiger partial charge < -0.3 is 19.1 Å². The number of unbranched alkanes of at least 4 members (excludes halogenated alkanes) is 2. The van der Waals surface area contributed by atoms with Crippen molar-refractivity contribution in [2.24, 2.45) is 0 Å². The number of nitrogens with zero attached hydrogens (tertiary/aromatic N) is 3. The minimum atomic E-state index is 0.551. The number of hydrogen-bond acceptors (Lipinski definition) is 7. The molecule has 0 aliphatic carbocycles. The average molecular weight is 585 g/mol. The van der Waals surface area contributed by atoms with Crippen molar-refractivity contribution in [3.63, 3.8) is 0 Å². The molecule has 1 saturated heterocycles. The number of halogens is 2. The van der Waals surface area contributed by atoms with Crippen molar-refractivity contribution in [3.05, 3.63) is 45.9 Å². The van der Waals surface area contributed by atoms with Crippen LogP contribution in [-0.2, 0) is 16.1 Å². The van der Waals surface area contributed by atoms with E-state index in [1.165, 1.54) is 0 Å². The Morgan fingerprint density at radius 1 is 0.947 bits per heavy atom. The van der Waals surface area contributed by atoms with Crippen LogP contribution in [0.2, 0.25) is 10.0 Å². The van der Waals surface area contributed by atoms with Crippen molar-refractivity contribution < 1.29 is 14.2 Å². The second kappa shape index (κ2) is 16.8. The molecule has 2 aromatic rings. The quantitative estimate of drug-likeness (QED) is 0.149. The Morgan fingerprint density at radius 3 is 2.21 bits per heavy atom. The molecule has 0 unspecified atom stereocenters. The molecule has 2 aromatic carbocycles. The molecule has 0 amide bonds. The van der Waals surface area contributed by atoms with Gasteiger partial charge >= 0.3 is 0 Å². The van der Waals surface area contributed by atoms with Gasteiger partial charge in [0.15, 0.2) is 5.75 Å². The monoisotopic (exact) mass is 583 g/mol. The molecule has 0 saturated carbocycles. The number of ether oxygens (including phenoxy) is 3. The summed E-state index contributed by atoms with van der Waals surface area (Å²) in [4.78, 5) is 5.89. The van der Waals surface area contributed by atoms with Crippen molar-refractivity contribution in [1.29, 1.82) is 0 Å². The first-order chi connectivity index (χ1) is 18.4. The maximum atomic E-state index is 6.59. The van der Waals surface area contributed by atoms with Crippen LogP contribution in [0.15, 0.2) is 35.2 Å². The number of morpholine rings is 1. The summed E-state index contributed by atoms with van der Waals surface area (Å²) in [6, 6.07) is 9.76. The van der Waals surface area contributed by atoms with Crippen LogP contribution < -0.4 is 9.64 Å². The first-order valence-electron chi connectivity index (χ1n) is 13.7. The highest BCUT2D eigenvalue weighted by Gasteiger charge is 2.21. The van der Waals surface area contributed by atoms with E-state index in [9.17, 15) is 0 Å². The van der Waals surface area contributed by atoms with Gasteiger partial charge in [-0.25, -0.2) is 0 Å². The average Bonchev–Trinajstić information content (AvgIpc) is 2.88. The summed E-state index contributed by atoms with van der Waals surface area (Å²) in [6.45, 7) is 12.1. The van der Waals surface area contributed by atoms with Crippen LogP contribution in [-0.4, -0.2) is 75.8 Å². The summed E-state index contributed by atoms with van der Waals surface area (Å²) in [5.41, 5.74) is 2.22. The molecule has 0 bridgehead atoms. The van der Waals surface area contributed by atoms with E-state index in [2.05, 4.69) is 40.1 Å². The lowest BCUT2D eigenvalue weighted by Gasteiger charge is -2.29. The Labute approximate surface area is 243 Å². The molecule has 0 atom stereocenters. The Bertz CT molecular complexity index is 962. The van der Waals surface area contributed by atoms with Crippen LogP contribution in [0.1, 0.15) is 45.1 Å². The lowest BCUT2D eigenvalue weighted by molar-refractivity contribution is 0.0180. The zero-order valence-electron chi connectivity index (χ0n) is 23.3. The second-order valence-corrected chi connectivity index (χ2v) is 12.0. The van der Waals surface area contributed by atoms with E-state index < -0.39 is 0 Å². The van der Waals surface area contributed by atoms with Gasteiger partial charge in [0.25, 0.3) is 0 Å². The van der Waals surface area contributed by atoms with Crippen LogP contribution in [0.25, 0.3) is 0 Å². The standard InChI is InChI=1S/C29H43Cl2N3O3S/c1-5-7-9-34(10-8-6-2)27-17-23(22-36-16-13-33-11-14-35-15-12-33)18-28(38-32(3)4)29(27)37-26-20-24(30)19-25(31)21-26/h17-21H,5-16,22H2,1-4H3.